The largest absolute Gasteiger partial charge is 0.501 e. The topological polar surface area (TPSA) is 58.0 Å². The molecule has 4 heteroatoms. The molecule has 1 aromatic heterocycles. The second-order valence-corrected chi connectivity index (χ2v) is 4.18. The minimum atomic E-state index is -0.454. The Morgan fingerprint density at radius 3 is 2.11 bits per heavy atom. The summed E-state index contributed by atoms with van der Waals surface area (Å²) in [7, 11) is 0. The summed E-state index contributed by atoms with van der Waals surface area (Å²) >= 11 is 0. The number of hydrogen-bond acceptors (Lipinski definition) is 2. The molecule has 0 spiro atoms. The van der Waals surface area contributed by atoms with Gasteiger partial charge >= 0.3 is 5.56 Å². The Morgan fingerprint density at radius 2 is 1.47 bits per heavy atom. The number of aromatic hydroxyl groups is 1. The minimum absolute atomic E-state index is 0.268. The van der Waals surface area contributed by atoms with Crippen LogP contribution in [0.4, 0.5) is 0 Å². The van der Waals surface area contributed by atoms with Crippen molar-refractivity contribution in [2.75, 3.05) is 0 Å². The van der Waals surface area contributed by atoms with Crippen molar-refractivity contribution in [2.45, 2.75) is 0 Å². The van der Waals surface area contributed by atoms with Gasteiger partial charge in [-0.25, -0.2) is 4.68 Å². The number of nitrogens with one attached hydrogen (secondary N) is 1. The highest BCUT2D eigenvalue weighted by Gasteiger charge is 2.15. The molecule has 0 saturated heterocycles. The van der Waals surface area contributed by atoms with Gasteiger partial charge in [0.25, 0.3) is 0 Å². The van der Waals surface area contributed by atoms with Gasteiger partial charge in [0, 0.05) is 5.56 Å². The summed E-state index contributed by atoms with van der Waals surface area (Å²) in [6.45, 7) is 0. The molecule has 0 aliphatic rings. The van der Waals surface area contributed by atoms with Gasteiger partial charge in [-0.2, -0.15) is 0 Å². The highest BCUT2D eigenvalue weighted by Crippen LogP contribution is 2.24. The van der Waals surface area contributed by atoms with E-state index in [9.17, 15) is 9.90 Å². The van der Waals surface area contributed by atoms with Gasteiger partial charge in [0.2, 0.25) is 5.75 Å². The summed E-state index contributed by atoms with van der Waals surface area (Å²) in [6.07, 6.45) is 0. The van der Waals surface area contributed by atoms with Crippen LogP contribution in [0.25, 0.3) is 16.9 Å². The first-order chi connectivity index (χ1) is 9.27. The van der Waals surface area contributed by atoms with Crippen molar-refractivity contribution in [3.05, 3.63) is 71.0 Å². The maximum absolute atomic E-state index is 12.0. The predicted octanol–water partition coefficient (Wildman–Crippen LogP) is 2.54. The maximum atomic E-state index is 12.0. The molecule has 4 nitrogen and oxygen atoms in total. The van der Waals surface area contributed by atoms with Crippen LogP contribution in [0.15, 0.2) is 65.5 Å². The molecule has 0 bridgehead atoms. The molecule has 0 amide bonds. The number of benzene rings is 2. The molecule has 0 saturated carbocycles. The third-order valence-electron chi connectivity index (χ3n) is 2.94. The van der Waals surface area contributed by atoms with E-state index in [1.54, 1.807) is 12.1 Å². The Morgan fingerprint density at radius 1 is 0.895 bits per heavy atom. The fraction of sp³-hybridized carbons (Fsp3) is 0. The lowest BCUT2D eigenvalue weighted by atomic mass is 10.1. The van der Waals surface area contributed by atoms with Crippen molar-refractivity contribution in [2.24, 2.45) is 0 Å². The lowest BCUT2D eigenvalue weighted by molar-refractivity contribution is 0.471. The summed E-state index contributed by atoms with van der Waals surface area (Å²) in [5.74, 6) is -0.268. The van der Waals surface area contributed by atoms with Gasteiger partial charge in [-0.3, -0.25) is 9.89 Å². The van der Waals surface area contributed by atoms with Crippen molar-refractivity contribution < 1.29 is 5.11 Å². The highest BCUT2D eigenvalue weighted by molar-refractivity contribution is 5.65. The van der Waals surface area contributed by atoms with Crippen molar-refractivity contribution in [3.8, 4) is 22.7 Å². The smallest absolute Gasteiger partial charge is 0.314 e. The molecular weight excluding hydrogens is 240 g/mol. The molecule has 94 valence electrons. The van der Waals surface area contributed by atoms with Crippen LogP contribution in [0, 0.1) is 0 Å². The highest BCUT2D eigenvalue weighted by atomic mass is 16.3. The number of para-hydroxylation sites is 1. The van der Waals surface area contributed by atoms with E-state index in [0.29, 0.717) is 11.4 Å². The lowest BCUT2D eigenvalue weighted by Crippen LogP contribution is -2.13. The van der Waals surface area contributed by atoms with Crippen LogP contribution in [0.2, 0.25) is 0 Å². The molecule has 2 N–H and O–H groups in total. The fourth-order valence-corrected chi connectivity index (χ4v) is 1.99. The summed E-state index contributed by atoms with van der Waals surface area (Å²) in [6, 6.07) is 18.4. The Labute approximate surface area is 109 Å². The summed E-state index contributed by atoms with van der Waals surface area (Å²) in [4.78, 5) is 12.0. The van der Waals surface area contributed by atoms with E-state index in [1.165, 1.54) is 4.68 Å². The van der Waals surface area contributed by atoms with E-state index in [0.717, 1.165) is 5.56 Å². The first-order valence-electron chi connectivity index (χ1n) is 5.92. The van der Waals surface area contributed by atoms with E-state index in [2.05, 4.69) is 5.10 Å². The molecule has 19 heavy (non-hydrogen) atoms. The normalized spacial score (nSPS) is 10.5. The molecule has 3 aromatic rings. The molecule has 0 unspecified atom stereocenters. The van der Waals surface area contributed by atoms with Crippen molar-refractivity contribution in [1.29, 1.82) is 0 Å². The Bertz CT molecular complexity index is 743. The van der Waals surface area contributed by atoms with Crippen LogP contribution in [0.3, 0.4) is 0 Å². The van der Waals surface area contributed by atoms with Gasteiger partial charge in [0.05, 0.1) is 5.69 Å². The van der Waals surface area contributed by atoms with E-state index >= 15 is 0 Å². The third kappa shape index (κ3) is 1.93. The van der Waals surface area contributed by atoms with Crippen LogP contribution in [-0.2, 0) is 0 Å². The molecule has 1 heterocycles. The Balaban J connectivity index is 2.19. The first-order valence-corrected chi connectivity index (χ1v) is 5.92. The van der Waals surface area contributed by atoms with Crippen molar-refractivity contribution in [3.63, 3.8) is 0 Å². The van der Waals surface area contributed by atoms with Gasteiger partial charge in [-0.15, -0.1) is 0 Å². The van der Waals surface area contributed by atoms with Gasteiger partial charge < -0.3 is 5.11 Å². The molecule has 2 aromatic carbocycles. The number of aromatic amines is 1. The molecule has 0 radical (unpaired) electrons. The van der Waals surface area contributed by atoms with E-state index < -0.39 is 5.56 Å². The average Bonchev–Trinajstić information content (AvgIpc) is 2.77. The first kappa shape index (κ1) is 11.3. The Kier molecular flexibility index (Phi) is 2.68. The fourth-order valence-electron chi connectivity index (χ4n) is 1.99. The molecule has 0 aliphatic carbocycles. The summed E-state index contributed by atoms with van der Waals surface area (Å²) in [5.41, 5.74) is 1.43. The minimum Gasteiger partial charge on any atom is -0.501 e. The second-order valence-electron chi connectivity index (χ2n) is 4.18. The molecular formula is C15H12N2O2. The Hall–Kier alpha value is -2.75. The van der Waals surface area contributed by atoms with Gasteiger partial charge in [-0.05, 0) is 12.1 Å². The quantitative estimate of drug-likeness (QED) is 0.736. The lowest BCUT2D eigenvalue weighted by Gasteiger charge is -2.00. The van der Waals surface area contributed by atoms with Crippen molar-refractivity contribution >= 4 is 0 Å². The average molecular weight is 252 g/mol. The van der Waals surface area contributed by atoms with E-state index in [-0.39, 0.29) is 5.75 Å². The standard InChI is InChI=1S/C15H12N2O2/c18-14-13(11-7-3-1-4-8-11)16-17(15(14)19)12-9-5-2-6-10-12/h1-10,16,18H. The number of rotatable bonds is 2. The van der Waals surface area contributed by atoms with Gasteiger partial charge in [-0.1, -0.05) is 48.5 Å². The zero-order chi connectivity index (χ0) is 13.2. The molecule has 0 fully saturated rings. The van der Waals surface area contributed by atoms with Crippen LogP contribution in [-0.4, -0.2) is 14.9 Å². The number of aromatic nitrogens is 2. The number of H-pyrrole nitrogens is 1. The van der Waals surface area contributed by atoms with Crippen LogP contribution >= 0.6 is 0 Å². The van der Waals surface area contributed by atoms with Gasteiger partial charge in [0.15, 0.2) is 0 Å². The monoisotopic (exact) mass is 252 g/mol. The predicted molar refractivity (Wildman–Crippen MR) is 73.5 cm³/mol. The van der Waals surface area contributed by atoms with Gasteiger partial charge in [0.1, 0.15) is 5.69 Å². The molecule has 3 rings (SSSR count). The van der Waals surface area contributed by atoms with Crippen LogP contribution in [0.5, 0.6) is 5.75 Å². The van der Waals surface area contributed by atoms with Crippen LogP contribution < -0.4 is 5.56 Å². The van der Waals surface area contributed by atoms with E-state index in [4.69, 9.17) is 0 Å². The number of nitrogens with zero attached hydrogens (tertiary/aromatic N) is 1. The molecule has 0 atom stereocenters. The summed E-state index contributed by atoms with van der Waals surface area (Å²) in [5, 5.41) is 12.9. The summed E-state index contributed by atoms with van der Waals surface area (Å²) < 4.78 is 1.33. The SMILES string of the molecule is O=c1c(O)c(-c2ccccc2)[nH]n1-c1ccccc1. The zero-order valence-corrected chi connectivity index (χ0v) is 10.1. The van der Waals surface area contributed by atoms with Crippen LogP contribution in [0.1, 0.15) is 0 Å². The third-order valence-corrected chi connectivity index (χ3v) is 2.94. The second kappa shape index (κ2) is 4.49. The zero-order valence-electron chi connectivity index (χ0n) is 10.1. The van der Waals surface area contributed by atoms with E-state index in [1.807, 2.05) is 48.5 Å². The van der Waals surface area contributed by atoms with Crippen molar-refractivity contribution in [1.82, 2.24) is 9.78 Å². The number of hydrogen-bond donors (Lipinski definition) is 2. The molecule has 0 aliphatic heterocycles. The maximum Gasteiger partial charge on any atom is 0.314 e.